The summed E-state index contributed by atoms with van der Waals surface area (Å²) < 4.78 is 0.954. The fraction of sp³-hybridized carbons (Fsp3) is 0.471. The lowest BCUT2D eigenvalue weighted by Crippen LogP contribution is -2.28. The Bertz CT molecular complexity index is 642. The molecule has 1 heterocycles. The molecule has 7 heteroatoms. The molecule has 2 aliphatic rings. The zero-order valence-electron chi connectivity index (χ0n) is 13.3. The maximum absolute atomic E-state index is 12.1. The van der Waals surface area contributed by atoms with Crippen molar-refractivity contribution in [2.45, 2.75) is 49.8 Å². The first-order chi connectivity index (χ1) is 11.6. The third-order valence-electron chi connectivity index (χ3n) is 4.15. The van der Waals surface area contributed by atoms with Gasteiger partial charge in [-0.3, -0.25) is 14.6 Å². The summed E-state index contributed by atoms with van der Waals surface area (Å²) >= 11 is 4.73. The Labute approximate surface area is 154 Å². The van der Waals surface area contributed by atoms with E-state index in [1.165, 1.54) is 31.0 Å². The lowest BCUT2D eigenvalue weighted by Gasteiger charge is -2.17. The first kappa shape index (κ1) is 17.5. The molecule has 0 radical (unpaired) electrons. The van der Waals surface area contributed by atoms with Crippen molar-refractivity contribution in [2.24, 2.45) is 4.99 Å². The Hall–Kier alpha value is -1.34. The van der Waals surface area contributed by atoms with Crippen LogP contribution in [0.25, 0.3) is 0 Å². The van der Waals surface area contributed by atoms with E-state index in [2.05, 4.69) is 31.6 Å². The van der Waals surface area contributed by atoms with E-state index in [-0.39, 0.29) is 18.2 Å². The number of hydrogen-bond acceptors (Lipinski definition) is 4. The van der Waals surface area contributed by atoms with E-state index in [0.717, 1.165) is 23.0 Å². The summed E-state index contributed by atoms with van der Waals surface area (Å²) in [4.78, 5) is 28.8. The van der Waals surface area contributed by atoms with Gasteiger partial charge in [0.2, 0.25) is 11.8 Å². The van der Waals surface area contributed by atoms with Crippen LogP contribution in [0.3, 0.4) is 0 Å². The molecular formula is C17H20BrN3O2S. The summed E-state index contributed by atoms with van der Waals surface area (Å²) in [6, 6.07) is 7.68. The molecule has 2 amide bonds. The number of amidine groups is 1. The van der Waals surface area contributed by atoms with E-state index in [9.17, 15) is 9.59 Å². The average Bonchev–Trinajstić information content (AvgIpc) is 2.90. The maximum atomic E-state index is 12.1. The molecule has 5 nitrogen and oxygen atoms in total. The van der Waals surface area contributed by atoms with E-state index in [1.807, 2.05) is 24.3 Å². The lowest BCUT2D eigenvalue weighted by atomic mass is 9.96. The smallest absolute Gasteiger partial charge is 0.240 e. The Morgan fingerprint density at radius 1 is 1.25 bits per heavy atom. The highest BCUT2D eigenvalue weighted by molar-refractivity contribution is 9.10. The van der Waals surface area contributed by atoms with Gasteiger partial charge in [0.05, 0.1) is 6.04 Å². The monoisotopic (exact) mass is 409 g/mol. The normalized spacial score (nSPS) is 23.3. The molecule has 1 saturated heterocycles. The van der Waals surface area contributed by atoms with Gasteiger partial charge < -0.3 is 10.6 Å². The molecule has 1 unspecified atom stereocenters. The van der Waals surface area contributed by atoms with E-state index in [0.29, 0.717) is 11.2 Å². The van der Waals surface area contributed by atoms with Crippen LogP contribution in [0, 0.1) is 0 Å². The highest BCUT2D eigenvalue weighted by atomic mass is 79.9. The van der Waals surface area contributed by atoms with Crippen LogP contribution >= 0.6 is 27.7 Å². The van der Waals surface area contributed by atoms with Crippen molar-refractivity contribution in [3.05, 3.63) is 28.7 Å². The zero-order chi connectivity index (χ0) is 16.9. The van der Waals surface area contributed by atoms with Gasteiger partial charge in [-0.2, -0.15) is 0 Å². The van der Waals surface area contributed by atoms with Gasteiger partial charge in [-0.05, 0) is 37.1 Å². The number of amides is 2. The number of anilines is 1. The summed E-state index contributed by atoms with van der Waals surface area (Å²) in [5.74, 6) is -0.288. The summed E-state index contributed by atoms with van der Waals surface area (Å²) in [6.07, 6.45) is 6.03. The van der Waals surface area contributed by atoms with Crippen molar-refractivity contribution in [3.8, 4) is 0 Å². The molecule has 1 aliphatic carbocycles. The molecule has 3 rings (SSSR count). The molecule has 0 aromatic heterocycles. The van der Waals surface area contributed by atoms with E-state index in [1.54, 1.807) is 0 Å². The first-order valence-electron chi connectivity index (χ1n) is 8.21. The van der Waals surface area contributed by atoms with Crippen molar-refractivity contribution in [2.75, 3.05) is 5.32 Å². The van der Waals surface area contributed by atoms with Crippen LogP contribution in [0.5, 0.6) is 0 Å². The van der Waals surface area contributed by atoms with Crippen molar-refractivity contribution in [1.82, 2.24) is 5.32 Å². The number of rotatable bonds is 4. The highest BCUT2D eigenvalue weighted by Crippen LogP contribution is 2.26. The van der Waals surface area contributed by atoms with Crippen LogP contribution in [0.2, 0.25) is 0 Å². The molecule has 2 fully saturated rings. The standard InChI is InChI=1S/C17H20BrN3O2S/c18-11-6-8-13(9-7-11)19-15(22)10-14-16(23)21-17(24-14)20-12-4-2-1-3-5-12/h6-9,12,14H,1-5,10H2,(H,19,22)(H,20,21,23). The van der Waals surface area contributed by atoms with Crippen LogP contribution in [-0.4, -0.2) is 28.3 Å². The summed E-state index contributed by atoms with van der Waals surface area (Å²) in [6.45, 7) is 0. The highest BCUT2D eigenvalue weighted by Gasteiger charge is 2.32. The molecule has 24 heavy (non-hydrogen) atoms. The van der Waals surface area contributed by atoms with Crippen molar-refractivity contribution < 1.29 is 9.59 Å². The first-order valence-corrected chi connectivity index (χ1v) is 9.88. The number of benzene rings is 1. The number of nitrogens with one attached hydrogen (secondary N) is 2. The number of carbonyl (C=O) groups excluding carboxylic acids is 2. The van der Waals surface area contributed by atoms with Gasteiger partial charge in [-0.1, -0.05) is 47.0 Å². The Morgan fingerprint density at radius 2 is 1.96 bits per heavy atom. The van der Waals surface area contributed by atoms with Crippen LogP contribution < -0.4 is 10.6 Å². The molecule has 0 bridgehead atoms. The Balaban J connectivity index is 1.53. The Morgan fingerprint density at radius 3 is 2.67 bits per heavy atom. The molecule has 2 N–H and O–H groups in total. The third-order valence-corrected chi connectivity index (χ3v) is 5.77. The van der Waals surface area contributed by atoms with Crippen molar-refractivity contribution >= 4 is 50.4 Å². The summed E-state index contributed by atoms with van der Waals surface area (Å²) in [7, 11) is 0. The van der Waals surface area contributed by atoms with Crippen LogP contribution in [-0.2, 0) is 9.59 Å². The van der Waals surface area contributed by atoms with Crippen LogP contribution in [0.15, 0.2) is 33.7 Å². The molecule has 1 aromatic carbocycles. The second-order valence-electron chi connectivity index (χ2n) is 6.08. The summed E-state index contributed by atoms with van der Waals surface area (Å²) in [5, 5.41) is 5.91. The Kier molecular flexibility index (Phi) is 5.94. The van der Waals surface area contributed by atoms with E-state index in [4.69, 9.17) is 0 Å². The fourth-order valence-electron chi connectivity index (χ4n) is 2.89. The predicted molar refractivity (Wildman–Crippen MR) is 101 cm³/mol. The largest absolute Gasteiger partial charge is 0.326 e. The van der Waals surface area contributed by atoms with Gasteiger partial charge in [-0.15, -0.1) is 0 Å². The van der Waals surface area contributed by atoms with Crippen LogP contribution in [0.1, 0.15) is 38.5 Å². The maximum Gasteiger partial charge on any atom is 0.240 e. The van der Waals surface area contributed by atoms with Gasteiger partial charge in [0.15, 0.2) is 5.17 Å². The van der Waals surface area contributed by atoms with Crippen molar-refractivity contribution in [3.63, 3.8) is 0 Å². The summed E-state index contributed by atoms with van der Waals surface area (Å²) in [5.41, 5.74) is 0.725. The van der Waals surface area contributed by atoms with Gasteiger partial charge in [0, 0.05) is 16.6 Å². The number of nitrogens with zero attached hydrogens (tertiary/aromatic N) is 1. The molecule has 0 spiro atoms. The van der Waals surface area contributed by atoms with Gasteiger partial charge in [0.25, 0.3) is 0 Å². The second kappa shape index (κ2) is 8.16. The number of carbonyl (C=O) groups is 2. The minimum absolute atomic E-state index is 0.125. The fourth-order valence-corrected chi connectivity index (χ4v) is 4.19. The van der Waals surface area contributed by atoms with Crippen LogP contribution in [0.4, 0.5) is 5.69 Å². The third kappa shape index (κ3) is 4.83. The molecule has 1 atom stereocenters. The molecule has 1 saturated carbocycles. The van der Waals surface area contributed by atoms with E-state index < -0.39 is 5.25 Å². The predicted octanol–water partition coefficient (Wildman–Crippen LogP) is 3.70. The van der Waals surface area contributed by atoms with Crippen molar-refractivity contribution in [1.29, 1.82) is 0 Å². The number of aliphatic imine (C=N–C) groups is 1. The molecule has 1 aromatic rings. The topological polar surface area (TPSA) is 70.6 Å². The van der Waals surface area contributed by atoms with Gasteiger partial charge >= 0.3 is 0 Å². The quantitative estimate of drug-likeness (QED) is 0.795. The minimum atomic E-state index is -0.400. The number of hydrogen-bond donors (Lipinski definition) is 2. The molecule has 1 aliphatic heterocycles. The second-order valence-corrected chi connectivity index (χ2v) is 8.19. The SMILES string of the molecule is O=C(CC1SC(=NC2CCCCC2)NC1=O)Nc1ccc(Br)cc1. The molecular weight excluding hydrogens is 390 g/mol. The van der Waals surface area contributed by atoms with E-state index >= 15 is 0 Å². The van der Waals surface area contributed by atoms with Gasteiger partial charge in [-0.25, -0.2) is 0 Å². The minimum Gasteiger partial charge on any atom is -0.326 e. The zero-order valence-corrected chi connectivity index (χ0v) is 15.7. The lowest BCUT2D eigenvalue weighted by molar-refractivity contribution is -0.122. The number of halogens is 1. The molecule has 128 valence electrons. The number of thioether (sulfide) groups is 1. The van der Waals surface area contributed by atoms with Gasteiger partial charge in [0.1, 0.15) is 5.25 Å². The average molecular weight is 410 g/mol.